The van der Waals surface area contributed by atoms with Gasteiger partial charge in [-0.1, -0.05) is 11.2 Å². The van der Waals surface area contributed by atoms with Gasteiger partial charge >= 0.3 is 5.97 Å². The molecule has 1 fully saturated rings. The molecule has 2 aromatic rings. The maximum atomic E-state index is 11.1. The number of nitrogens with zero attached hydrogens (tertiary/aromatic N) is 3. The van der Waals surface area contributed by atoms with E-state index in [1.807, 2.05) is 22.4 Å². The molecule has 3 heterocycles. The van der Waals surface area contributed by atoms with Gasteiger partial charge < -0.3 is 9.63 Å². The van der Waals surface area contributed by atoms with Crippen molar-refractivity contribution in [2.75, 3.05) is 13.1 Å². The van der Waals surface area contributed by atoms with Crippen molar-refractivity contribution in [3.63, 3.8) is 0 Å². The first kappa shape index (κ1) is 14.2. The lowest BCUT2D eigenvalue weighted by Crippen LogP contribution is -2.36. The van der Waals surface area contributed by atoms with Crippen molar-refractivity contribution in [3.8, 4) is 10.7 Å². The van der Waals surface area contributed by atoms with Gasteiger partial charge in [0.2, 0.25) is 11.7 Å². The lowest BCUT2D eigenvalue weighted by atomic mass is 10.2. The van der Waals surface area contributed by atoms with Crippen LogP contribution in [-0.2, 0) is 11.2 Å². The monoisotopic (exact) mass is 307 g/mol. The van der Waals surface area contributed by atoms with E-state index in [1.54, 1.807) is 11.3 Å². The summed E-state index contributed by atoms with van der Waals surface area (Å²) < 4.78 is 5.24. The molecule has 1 saturated heterocycles. The number of hydrogen-bond acceptors (Lipinski definition) is 6. The largest absolute Gasteiger partial charge is 0.480 e. The van der Waals surface area contributed by atoms with Gasteiger partial charge in [-0.25, -0.2) is 0 Å². The van der Waals surface area contributed by atoms with E-state index in [0.29, 0.717) is 18.1 Å². The molecule has 0 bridgehead atoms. The molecule has 0 saturated carbocycles. The highest BCUT2D eigenvalue weighted by Crippen LogP contribution is 2.22. The van der Waals surface area contributed by atoms with Crippen LogP contribution in [0.4, 0.5) is 0 Å². The normalized spacial score (nSPS) is 19.1. The number of hydrogen-bond donors (Lipinski definition) is 1. The average molecular weight is 307 g/mol. The van der Waals surface area contributed by atoms with Crippen molar-refractivity contribution in [2.24, 2.45) is 0 Å². The number of carboxylic acids is 1. The molecule has 1 atom stereocenters. The maximum absolute atomic E-state index is 11.1. The Bertz CT molecular complexity index is 596. The molecule has 0 radical (unpaired) electrons. The third kappa shape index (κ3) is 3.30. The van der Waals surface area contributed by atoms with E-state index in [-0.39, 0.29) is 6.04 Å². The summed E-state index contributed by atoms with van der Waals surface area (Å²) in [4.78, 5) is 18.5. The van der Waals surface area contributed by atoms with Crippen LogP contribution < -0.4 is 0 Å². The highest BCUT2D eigenvalue weighted by atomic mass is 32.1. The van der Waals surface area contributed by atoms with Crippen LogP contribution >= 0.6 is 11.3 Å². The quantitative estimate of drug-likeness (QED) is 0.882. The molecule has 3 rings (SSSR count). The summed E-state index contributed by atoms with van der Waals surface area (Å²) in [7, 11) is 0. The summed E-state index contributed by atoms with van der Waals surface area (Å²) in [5.74, 6) is 0.527. The van der Waals surface area contributed by atoms with Gasteiger partial charge in [0.05, 0.1) is 4.88 Å². The SMILES string of the molecule is O=C(O)[C@@H]1CCCN1CCCc1nc(-c2cccs2)no1. The first-order valence-electron chi connectivity index (χ1n) is 7.07. The fourth-order valence-electron chi connectivity index (χ4n) is 2.67. The smallest absolute Gasteiger partial charge is 0.320 e. The van der Waals surface area contributed by atoms with Crippen molar-refractivity contribution in [1.82, 2.24) is 15.0 Å². The molecule has 21 heavy (non-hydrogen) atoms. The van der Waals surface area contributed by atoms with Gasteiger partial charge in [-0.2, -0.15) is 4.98 Å². The molecule has 1 N–H and O–H groups in total. The van der Waals surface area contributed by atoms with Gasteiger partial charge in [-0.15, -0.1) is 11.3 Å². The Hall–Kier alpha value is -1.73. The molecule has 112 valence electrons. The van der Waals surface area contributed by atoms with E-state index in [4.69, 9.17) is 9.63 Å². The van der Waals surface area contributed by atoms with Crippen molar-refractivity contribution < 1.29 is 14.4 Å². The summed E-state index contributed by atoms with van der Waals surface area (Å²) >= 11 is 1.58. The minimum absolute atomic E-state index is 0.325. The van der Waals surface area contributed by atoms with E-state index < -0.39 is 5.97 Å². The van der Waals surface area contributed by atoms with Crippen molar-refractivity contribution in [2.45, 2.75) is 31.7 Å². The minimum Gasteiger partial charge on any atom is -0.480 e. The number of carboxylic acid groups (broad SMARTS) is 1. The van der Waals surface area contributed by atoms with Crippen LogP contribution in [0.1, 0.15) is 25.2 Å². The second-order valence-corrected chi connectivity index (χ2v) is 6.07. The molecular formula is C14H17N3O3S. The first-order chi connectivity index (χ1) is 10.2. The zero-order valence-electron chi connectivity index (χ0n) is 11.6. The molecule has 6 nitrogen and oxygen atoms in total. The third-order valence-electron chi connectivity index (χ3n) is 3.69. The van der Waals surface area contributed by atoms with E-state index in [0.717, 1.165) is 37.2 Å². The molecule has 0 aromatic carbocycles. The van der Waals surface area contributed by atoms with Crippen LogP contribution in [0.5, 0.6) is 0 Å². The molecule has 0 amide bonds. The zero-order chi connectivity index (χ0) is 14.7. The second kappa shape index (κ2) is 6.36. The summed E-state index contributed by atoms with van der Waals surface area (Å²) in [5.41, 5.74) is 0. The van der Waals surface area contributed by atoms with Crippen LogP contribution in [0, 0.1) is 0 Å². The second-order valence-electron chi connectivity index (χ2n) is 5.12. The van der Waals surface area contributed by atoms with Crippen LogP contribution in [0.3, 0.4) is 0 Å². The van der Waals surface area contributed by atoms with E-state index >= 15 is 0 Å². The third-order valence-corrected chi connectivity index (χ3v) is 4.56. The Morgan fingerprint density at radius 2 is 2.48 bits per heavy atom. The fourth-order valence-corrected chi connectivity index (χ4v) is 3.32. The fraction of sp³-hybridized carbons (Fsp3) is 0.500. The molecule has 0 unspecified atom stereocenters. The van der Waals surface area contributed by atoms with Gasteiger partial charge in [0.25, 0.3) is 0 Å². The van der Waals surface area contributed by atoms with Crippen molar-refractivity contribution in [3.05, 3.63) is 23.4 Å². The van der Waals surface area contributed by atoms with Gasteiger partial charge in [-0.3, -0.25) is 9.69 Å². The van der Waals surface area contributed by atoms with Gasteiger partial charge in [-0.05, 0) is 43.8 Å². The average Bonchev–Trinajstić information content (AvgIpc) is 3.20. The predicted molar refractivity (Wildman–Crippen MR) is 78.2 cm³/mol. The molecule has 2 aromatic heterocycles. The standard InChI is InChI=1S/C14H17N3O3S/c18-14(19)10-4-1-7-17(10)8-2-6-12-15-13(16-20-12)11-5-3-9-21-11/h3,5,9-10H,1-2,4,6-8H2,(H,18,19)/t10-/m0/s1. The Morgan fingerprint density at radius 3 is 3.24 bits per heavy atom. The predicted octanol–water partition coefficient (Wildman–Crippen LogP) is 2.28. The number of thiophene rings is 1. The number of aliphatic carboxylic acids is 1. The Balaban J connectivity index is 1.51. The number of likely N-dealkylation sites (tertiary alicyclic amines) is 1. The van der Waals surface area contributed by atoms with Gasteiger partial charge in [0, 0.05) is 6.42 Å². The van der Waals surface area contributed by atoms with Gasteiger partial charge in [0.1, 0.15) is 6.04 Å². The lowest BCUT2D eigenvalue weighted by molar-refractivity contribution is -0.142. The van der Waals surface area contributed by atoms with E-state index in [9.17, 15) is 4.79 Å². The van der Waals surface area contributed by atoms with Crippen molar-refractivity contribution in [1.29, 1.82) is 0 Å². The molecule has 1 aliphatic heterocycles. The number of rotatable bonds is 6. The van der Waals surface area contributed by atoms with Crippen LogP contribution in [0.25, 0.3) is 10.7 Å². The summed E-state index contributed by atoms with van der Waals surface area (Å²) in [6.07, 6.45) is 3.22. The number of aryl methyl sites for hydroxylation is 1. The topological polar surface area (TPSA) is 79.5 Å². The summed E-state index contributed by atoms with van der Waals surface area (Å²) in [5, 5.41) is 15.1. The molecule has 1 aliphatic rings. The lowest BCUT2D eigenvalue weighted by Gasteiger charge is -2.20. The molecule has 0 spiro atoms. The summed E-state index contributed by atoms with van der Waals surface area (Å²) in [6.45, 7) is 1.62. The number of aromatic nitrogens is 2. The highest BCUT2D eigenvalue weighted by Gasteiger charge is 2.29. The first-order valence-corrected chi connectivity index (χ1v) is 7.95. The Morgan fingerprint density at radius 1 is 1.57 bits per heavy atom. The van der Waals surface area contributed by atoms with Crippen LogP contribution in [0.15, 0.2) is 22.0 Å². The number of carbonyl (C=O) groups is 1. The summed E-state index contributed by atoms with van der Waals surface area (Å²) in [6, 6.07) is 3.59. The molecule has 7 heteroatoms. The van der Waals surface area contributed by atoms with E-state index in [2.05, 4.69) is 10.1 Å². The van der Waals surface area contributed by atoms with Crippen molar-refractivity contribution >= 4 is 17.3 Å². The van der Waals surface area contributed by atoms with Crippen LogP contribution in [-0.4, -0.2) is 45.2 Å². The minimum atomic E-state index is -0.717. The highest BCUT2D eigenvalue weighted by molar-refractivity contribution is 7.13. The van der Waals surface area contributed by atoms with Gasteiger partial charge in [0.15, 0.2) is 0 Å². The molecular weight excluding hydrogens is 290 g/mol. The zero-order valence-corrected chi connectivity index (χ0v) is 12.4. The Kier molecular flexibility index (Phi) is 4.31. The van der Waals surface area contributed by atoms with Crippen LogP contribution in [0.2, 0.25) is 0 Å². The molecule has 0 aliphatic carbocycles. The maximum Gasteiger partial charge on any atom is 0.320 e. The Labute approximate surface area is 126 Å². The van der Waals surface area contributed by atoms with E-state index in [1.165, 1.54) is 0 Å².